The minimum absolute atomic E-state index is 1.37. The third kappa shape index (κ3) is 15.0. The maximum atomic E-state index is 3.10. The van der Waals surface area contributed by atoms with Gasteiger partial charge < -0.3 is 0 Å². The van der Waals surface area contributed by atoms with Crippen molar-refractivity contribution in [1.29, 1.82) is 0 Å². The van der Waals surface area contributed by atoms with Crippen molar-refractivity contribution < 1.29 is 0 Å². The van der Waals surface area contributed by atoms with E-state index in [1.165, 1.54) is 116 Å². The molecular formula is C26H56IP. The van der Waals surface area contributed by atoms with E-state index >= 15 is 0 Å². The molecule has 0 unspecified atom stereocenters. The Hall–Kier alpha value is 1.16. The molecular weight excluding hydrogens is 470 g/mol. The van der Waals surface area contributed by atoms with Gasteiger partial charge in [0.15, 0.2) is 0 Å². The summed E-state index contributed by atoms with van der Waals surface area (Å²) in [6, 6.07) is 0. The summed E-state index contributed by atoms with van der Waals surface area (Å²) >= 11 is 3.10. The van der Waals surface area contributed by atoms with E-state index in [-0.39, 0.29) is 0 Å². The van der Waals surface area contributed by atoms with E-state index < -0.39 is 4.25 Å². The van der Waals surface area contributed by atoms with Gasteiger partial charge in [-0.05, 0) is 0 Å². The van der Waals surface area contributed by atoms with E-state index in [0.717, 1.165) is 0 Å². The van der Waals surface area contributed by atoms with Crippen LogP contribution in [0.5, 0.6) is 0 Å². The zero-order valence-electron chi connectivity index (χ0n) is 20.4. The van der Waals surface area contributed by atoms with Crippen LogP contribution in [0.1, 0.15) is 143 Å². The summed E-state index contributed by atoms with van der Waals surface area (Å²) in [5.74, 6) is 0. The summed E-state index contributed by atoms with van der Waals surface area (Å²) in [5, 5.41) is 0. The number of halogens is 1. The molecule has 28 heavy (non-hydrogen) atoms. The van der Waals surface area contributed by atoms with E-state index in [9.17, 15) is 0 Å². The number of rotatable bonds is 22. The van der Waals surface area contributed by atoms with E-state index in [1.807, 2.05) is 0 Å². The molecule has 0 aliphatic rings. The van der Waals surface area contributed by atoms with Gasteiger partial charge in [-0.15, -0.1) is 0 Å². The molecule has 0 saturated carbocycles. The molecule has 2 heteroatoms. The van der Waals surface area contributed by atoms with Gasteiger partial charge in [0.2, 0.25) is 0 Å². The first kappa shape index (κ1) is 29.2. The molecule has 0 N–H and O–H groups in total. The Morgan fingerprint density at radius 1 is 0.357 bits per heavy atom. The summed E-state index contributed by atoms with van der Waals surface area (Å²) in [6.07, 6.45) is 32.7. The SMILES string of the molecule is CCCCCCCCCCCCCCP(I)(CCCC)(CCCC)CCCC. The normalized spacial score (nSPS) is 13.5. The molecule has 0 amide bonds. The third-order valence-electron chi connectivity index (χ3n) is 6.78. The quantitative estimate of drug-likeness (QED) is 0.0748. The van der Waals surface area contributed by atoms with Gasteiger partial charge in [0.1, 0.15) is 0 Å². The molecule has 0 fully saturated rings. The molecule has 0 radical (unpaired) electrons. The summed E-state index contributed by atoms with van der Waals surface area (Å²) in [7, 11) is 0. The molecule has 0 aromatic rings. The Morgan fingerprint density at radius 3 is 0.929 bits per heavy atom. The van der Waals surface area contributed by atoms with Crippen molar-refractivity contribution in [2.75, 3.05) is 24.6 Å². The second-order valence-electron chi connectivity index (χ2n) is 9.66. The van der Waals surface area contributed by atoms with Crippen LogP contribution in [0.15, 0.2) is 0 Å². The van der Waals surface area contributed by atoms with Gasteiger partial charge in [-0.3, -0.25) is 0 Å². The van der Waals surface area contributed by atoms with Gasteiger partial charge in [0.25, 0.3) is 0 Å². The Labute approximate surface area is 193 Å². The van der Waals surface area contributed by atoms with E-state index in [0.29, 0.717) is 0 Å². The van der Waals surface area contributed by atoms with Crippen molar-refractivity contribution >= 4 is 26.3 Å². The summed E-state index contributed by atoms with van der Waals surface area (Å²) < 4.78 is -1.47. The van der Waals surface area contributed by atoms with Crippen molar-refractivity contribution in [3.05, 3.63) is 0 Å². The predicted molar refractivity (Wildman–Crippen MR) is 146 cm³/mol. The Balaban J connectivity index is 4.12. The van der Waals surface area contributed by atoms with Crippen LogP contribution < -0.4 is 0 Å². The standard InChI is InChI=1S/C26H56IP/c1-5-9-13-14-15-16-17-18-19-20-21-22-26-28(27,23-10-6-2,24-11-7-3)25-12-8-4/h5-26H2,1-4H3. The molecule has 0 rings (SSSR count). The Bertz CT molecular complexity index is 304. The Morgan fingerprint density at radius 2 is 0.607 bits per heavy atom. The van der Waals surface area contributed by atoms with Crippen LogP contribution in [0.3, 0.4) is 0 Å². The van der Waals surface area contributed by atoms with Crippen LogP contribution in [0.4, 0.5) is 0 Å². The molecule has 0 heterocycles. The van der Waals surface area contributed by atoms with Crippen LogP contribution >= 0.6 is 26.3 Å². The average molecular weight is 527 g/mol. The van der Waals surface area contributed by atoms with Crippen molar-refractivity contribution in [2.24, 2.45) is 0 Å². The predicted octanol–water partition coefficient (Wildman–Crippen LogP) is 11.0. The number of hydrogen-bond acceptors (Lipinski definition) is 0. The first-order valence-corrected chi connectivity index (χ1v) is 19.0. The molecule has 0 atom stereocenters. The van der Waals surface area contributed by atoms with Crippen LogP contribution in [0.2, 0.25) is 0 Å². The first-order valence-electron chi connectivity index (χ1n) is 13.3. The zero-order valence-corrected chi connectivity index (χ0v) is 23.4. The van der Waals surface area contributed by atoms with Crippen molar-refractivity contribution in [3.8, 4) is 0 Å². The molecule has 0 aliphatic carbocycles. The molecule has 0 aromatic carbocycles. The zero-order chi connectivity index (χ0) is 21.0. The van der Waals surface area contributed by atoms with Gasteiger partial charge in [0, 0.05) is 0 Å². The third-order valence-corrected chi connectivity index (χ3v) is 18.3. The van der Waals surface area contributed by atoms with Gasteiger partial charge in [-0.25, -0.2) is 0 Å². The molecule has 0 spiro atoms. The fourth-order valence-electron chi connectivity index (χ4n) is 4.68. The van der Waals surface area contributed by atoms with Crippen LogP contribution in [0, 0.1) is 0 Å². The summed E-state index contributed by atoms with van der Waals surface area (Å²) in [4.78, 5) is 0. The molecule has 0 saturated heterocycles. The topological polar surface area (TPSA) is 0 Å². The first-order chi connectivity index (χ1) is 13.5. The molecule has 0 bridgehead atoms. The monoisotopic (exact) mass is 526 g/mol. The van der Waals surface area contributed by atoms with E-state index in [1.54, 1.807) is 24.6 Å². The fraction of sp³-hybridized carbons (Fsp3) is 1.00. The van der Waals surface area contributed by atoms with Gasteiger partial charge in [-0.2, -0.15) is 0 Å². The molecule has 172 valence electrons. The van der Waals surface area contributed by atoms with Crippen LogP contribution in [0.25, 0.3) is 0 Å². The van der Waals surface area contributed by atoms with Crippen molar-refractivity contribution in [3.63, 3.8) is 0 Å². The molecule has 0 nitrogen and oxygen atoms in total. The molecule has 0 aliphatic heterocycles. The summed E-state index contributed by atoms with van der Waals surface area (Å²) in [6.45, 7) is 9.48. The number of unbranched alkanes of at least 4 members (excludes halogenated alkanes) is 14. The Kier molecular flexibility index (Phi) is 19.7. The van der Waals surface area contributed by atoms with Gasteiger partial charge in [0.05, 0.1) is 0 Å². The van der Waals surface area contributed by atoms with E-state index in [2.05, 4.69) is 49.7 Å². The second-order valence-corrected chi connectivity index (χ2v) is 23.3. The van der Waals surface area contributed by atoms with Crippen molar-refractivity contribution in [1.82, 2.24) is 0 Å². The second kappa shape index (κ2) is 18.9. The van der Waals surface area contributed by atoms with Crippen LogP contribution in [-0.4, -0.2) is 24.6 Å². The average Bonchev–Trinajstić information content (AvgIpc) is 2.71. The van der Waals surface area contributed by atoms with Crippen molar-refractivity contribution in [2.45, 2.75) is 143 Å². The number of hydrogen-bond donors (Lipinski definition) is 0. The maximum absolute atomic E-state index is 3.10. The van der Waals surface area contributed by atoms with E-state index in [4.69, 9.17) is 0 Å². The van der Waals surface area contributed by atoms with Gasteiger partial charge >= 0.3 is 181 Å². The fourth-order valence-corrected chi connectivity index (χ4v) is 14.4. The van der Waals surface area contributed by atoms with Gasteiger partial charge in [-0.1, -0.05) is 13.3 Å². The molecule has 0 aromatic heterocycles. The summed E-state index contributed by atoms with van der Waals surface area (Å²) in [5.41, 5.74) is 0. The van der Waals surface area contributed by atoms with Crippen LogP contribution in [-0.2, 0) is 0 Å². The minimum atomic E-state index is -1.47.